The van der Waals surface area contributed by atoms with Crippen LogP contribution in [0, 0.1) is 0 Å². The summed E-state index contributed by atoms with van der Waals surface area (Å²) in [6.45, 7) is 1.63. The Hall–Kier alpha value is -2.82. The third-order valence-electron chi connectivity index (χ3n) is 4.21. The Morgan fingerprint density at radius 1 is 1.08 bits per heavy atom. The van der Waals surface area contributed by atoms with Gasteiger partial charge in [-0.2, -0.15) is 0 Å². The summed E-state index contributed by atoms with van der Waals surface area (Å²) in [7, 11) is 0. The molecule has 0 bridgehead atoms. The van der Waals surface area contributed by atoms with Crippen LogP contribution in [0.4, 0.5) is 5.69 Å². The van der Waals surface area contributed by atoms with Crippen LogP contribution in [0.2, 0.25) is 0 Å². The monoisotopic (exact) mass is 325 g/mol. The molecule has 0 spiro atoms. The highest BCUT2D eigenvalue weighted by atomic mass is 16.5. The van der Waals surface area contributed by atoms with Crippen molar-refractivity contribution in [2.24, 2.45) is 0 Å². The zero-order valence-corrected chi connectivity index (χ0v) is 13.4. The summed E-state index contributed by atoms with van der Waals surface area (Å²) in [5, 5.41) is 11.9. The Morgan fingerprint density at radius 2 is 1.71 bits per heavy atom. The number of anilines is 1. The molecule has 0 heterocycles. The third-order valence-corrected chi connectivity index (χ3v) is 4.21. The van der Waals surface area contributed by atoms with E-state index in [-0.39, 0.29) is 5.91 Å². The van der Waals surface area contributed by atoms with Gasteiger partial charge in [0.2, 0.25) is 0 Å². The minimum atomic E-state index is -0.875. The van der Waals surface area contributed by atoms with E-state index in [0.29, 0.717) is 29.8 Å². The second kappa shape index (κ2) is 6.35. The van der Waals surface area contributed by atoms with Crippen LogP contribution in [-0.2, 0) is 9.59 Å². The number of carboxylic acids is 1. The van der Waals surface area contributed by atoms with E-state index in [1.807, 2.05) is 30.3 Å². The highest BCUT2D eigenvalue weighted by molar-refractivity contribution is 5.99. The zero-order valence-electron chi connectivity index (χ0n) is 13.4. The average Bonchev–Trinajstić information content (AvgIpc) is 3.36. The summed E-state index contributed by atoms with van der Waals surface area (Å²) in [6.07, 6.45) is 1.36. The van der Waals surface area contributed by atoms with E-state index in [2.05, 4.69) is 5.32 Å². The zero-order chi connectivity index (χ0) is 17.2. The number of hydrogen-bond acceptors (Lipinski definition) is 3. The fraction of sp³-hybridized carbons (Fsp3) is 0.263. The normalized spacial score (nSPS) is 16.0. The second-order valence-electron chi connectivity index (χ2n) is 6.05. The first-order valence-electron chi connectivity index (χ1n) is 7.88. The number of nitrogens with one attached hydrogen (secondary N) is 1. The molecular formula is C19H19NO4. The number of aliphatic carboxylic acids is 1. The van der Waals surface area contributed by atoms with E-state index in [0.717, 1.165) is 0 Å². The summed E-state index contributed by atoms with van der Waals surface area (Å²) >= 11 is 0. The van der Waals surface area contributed by atoms with Gasteiger partial charge in [-0.15, -0.1) is 0 Å². The van der Waals surface area contributed by atoms with Crippen molar-refractivity contribution in [3.8, 4) is 5.75 Å². The van der Waals surface area contributed by atoms with Gasteiger partial charge in [-0.05, 0) is 36.8 Å². The maximum atomic E-state index is 12.5. The van der Waals surface area contributed by atoms with E-state index in [4.69, 9.17) is 9.84 Å². The van der Waals surface area contributed by atoms with Crippen LogP contribution in [-0.4, -0.2) is 22.6 Å². The van der Waals surface area contributed by atoms with E-state index in [1.54, 1.807) is 31.2 Å². The molecule has 5 heteroatoms. The molecule has 5 nitrogen and oxygen atoms in total. The molecule has 124 valence electrons. The molecule has 1 aliphatic carbocycles. The molecule has 24 heavy (non-hydrogen) atoms. The SMILES string of the molecule is CC(C(=O)O)c1ccc(NC(=O)C2(Oc3ccccc3)CC2)cc1. The molecule has 1 aliphatic rings. The Kier molecular flexibility index (Phi) is 4.25. The van der Waals surface area contributed by atoms with Gasteiger partial charge in [0, 0.05) is 18.5 Å². The summed E-state index contributed by atoms with van der Waals surface area (Å²) in [4.78, 5) is 23.5. The molecule has 2 aromatic rings. The van der Waals surface area contributed by atoms with Crippen molar-refractivity contribution in [3.63, 3.8) is 0 Å². The molecule has 0 aliphatic heterocycles. The fourth-order valence-corrected chi connectivity index (χ4v) is 2.45. The lowest BCUT2D eigenvalue weighted by Crippen LogP contribution is -2.35. The van der Waals surface area contributed by atoms with Crippen LogP contribution in [0.1, 0.15) is 31.2 Å². The highest BCUT2D eigenvalue weighted by Crippen LogP contribution is 2.41. The smallest absolute Gasteiger partial charge is 0.310 e. The first-order valence-corrected chi connectivity index (χ1v) is 7.88. The molecule has 1 saturated carbocycles. The van der Waals surface area contributed by atoms with Crippen molar-refractivity contribution >= 4 is 17.6 Å². The van der Waals surface area contributed by atoms with Crippen molar-refractivity contribution in [2.75, 3.05) is 5.32 Å². The molecule has 1 amide bonds. The molecule has 1 unspecified atom stereocenters. The number of amides is 1. The van der Waals surface area contributed by atoms with Crippen molar-refractivity contribution in [2.45, 2.75) is 31.3 Å². The van der Waals surface area contributed by atoms with Gasteiger partial charge in [0.25, 0.3) is 5.91 Å². The summed E-state index contributed by atoms with van der Waals surface area (Å²) in [6, 6.07) is 16.1. The van der Waals surface area contributed by atoms with E-state index < -0.39 is 17.5 Å². The number of carbonyl (C=O) groups is 2. The number of benzene rings is 2. The highest BCUT2D eigenvalue weighted by Gasteiger charge is 2.53. The molecule has 2 aromatic carbocycles. The lowest BCUT2D eigenvalue weighted by atomic mass is 10.0. The number of carbonyl (C=O) groups excluding carboxylic acids is 1. The molecule has 0 radical (unpaired) electrons. The van der Waals surface area contributed by atoms with Crippen LogP contribution < -0.4 is 10.1 Å². The predicted octanol–water partition coefficient (Wildman–Crippen LogP) is 3.42. The summed E-state index contributed by atoms with van der Waals surface area (Å²) in [5.41, 5.74) is 0.528. The van der Waals surface area contributed by atoms with E-state index in [9.17, 15) is 9.59 Å². The Bertz CT molecular complexity index is 736. The fourth-order valence-electron chi connectivity index (χ4n) is 2.45. The van der Waals surface area contributed by atoms with Crippen molar-refractivity contribution in [1.82, 2.24) is 0 Å². The minimum absolute atomic E-state index is 0.176. The summed E-state index contributed by atoms with van der Waals surface area (Å²) < 4.78 is 5.85. The van der Waals surface area contributed by atoms with E-state index >= 15 is 0 Å². The van der Waals surface area contributed by atoms with Gasteiger partial charge in [-0.1, -0.05) is 30.3 Å². The van der Waals surface area contributed by atoms with Gasteiger partial charge in [-0.3, -0.25) is 9.59 Å². The largest absolute Gasteiger partial charge is 0.481 e. The van der Waals surface area contributed by atoms with Crippen LogP contribution in [0.25, 0.3) is 0 Å². The number of para-hydroxylation sites is 1. The molecular weight excluding hydrogens is 306 g/mol. The number of carboxylic acid groups (broad SMARTS) is 1. The summed E-state index contributed by atoms with van der Waals surface area (Å²) in [5.74, 6) is -0.952. The van der Waals surface area contributed by atoms with Gasteiger partial charge >= 0.3 is 5.97 Å². The average molecular weight is 325 g/mol. The number of hydrogen-bond donors (Lipinski definition) is 2. The Labute approximate surface area is 140 Å². The second-order valence-corrected chi connectivity index (χ2v) is 6.05. The van der Waals surface area contributed by atoms with E-state index in [1.165, 1.54) is 0 Å². The van der Waals surface area contributed by atoms with Gasteiger partial charge in [-0.25, -0.2) is 0 Å². The molecule has 0 saturated heterocycles. The maximum Gasteiger partial charge on any atom is 0.310 e. The topological polar surface area (TPSA) is 75.6 Å². The quantitative estimate of drug-likeness (QED) is 0.853. The van der Waals surface area contributed by atoms with Gasteiger partial charge in [0.1, 0.15) is 5.75 Å². The molecule has 2 N–H and O–H groups in total. The third kappa shape index (κ3) is 3.40. The first kappa shape index (κ1) is 16.1. The van der Waals surface area contributed by atoms with Gasteiger partial charge < -0.3 is 15.2 Å². The lowest BCUT2D eigenvalue weighted by molar-refractivity contribution is -0.138. The van der Waals surface area contributed by atoms with Crippen molar-refractivity contribution in [1.29, 1.82) is 0 Å². The molecule has 1 fully saturated rings. The van der Waals surface area contributed by atoms with Crippen molar-refractivity contribution in [3.05, 3.63) is 60.2 Å². The van der Waals surface area contributed by atoms with Crippen LogP contribution in [0.3, 0.4) is 0 Å². The number of rotatable bonds is 6. The molecule has 0 aromatic heterocycles. The van der Waals surface area contributed by atoms with Crippen LogP contribution in [0.5, 0.6) is 5.75 Å². The molecule has 3 rings (SSSR count). The maximum absolute atomic E-state index is 12.5. The van der Waals surface area contributed by atoms with Gasteiger partial charge in [0.15, 0.2) is 5.60 Å². The Balaban J connectivity index is 1.65. The lowest BCUT2D eigenvalue weighted by Gasteiger charge is -2.18. The van der Waals surface area contributed by atoms with Crippen LogP contribution >= 0.6 is 0 Å². The predicted molar refractivity (Wildman–Crippen MR) is 90.2 cm³/mol. The Morgan fingerprint density at radius 3 is 2.25 bits per heavy atom. The van der Waals surface area contributed by atoms with Gasteiger partial charge in [0.05, 0.1) is 5.92 Å². The first-order chi connectivity index (χ1) is 11.5. The standard InChI is InChI=1S/C19H19NO4/c1-13(17(21)22)14-7-9-15(10-8-14)20-18(23)19(11-12-19)24-16-5-3-2-4-6-16/h2-10,13H,11-12H2,1H3,(H,20,23)(H,21,22). The van der Waals surface area contributed by atoms with Crippen molar-refractivity contribution < 1.29 is 19.4 Å². The minimum Gasteiger partial charge on any atom is -0.481 e. The number of ether oxygens (including phenoxy) is 1. The molecule has 1 atom stereocenters. The van der Waals surface area contributed by atoms with Crippen LogP contribution in [0.15, 0.2) is 54.6 Å².